The number of rotatable bonds is 2. The molecule has 1 amide bonds. The van der Waals surface area contributed by atoms with Gasteiger partial charge < -0.3 is 9.64 Å². The van der Waals surface area contributed by atoms with Gasteiger partial charge in [0.1, 0.15) is 5.60 Å². The van der Waals surface area contributed by atoms with E-state index >= 15 is 0 Å². The molecule has 0 aromatic heterocycles. The Morgan fingerprint density at radius 3 is 2.26 bits per heavy atom. The highest BCUT2D eigenvalue weighted by atomic mass is 19.2. The van der Waals surface area contributed by atoms with Crippen molar-refractivity contribution in [1.82, 2.24) is 4.90 Å². The summed E-state index contributed by atoms with van der Waals surface area (Å²) in [6.07, 6.45) is 0.410. The van der Waals surface area contributed by atoms with E-state index in [-0.39, 0.29) is 18.7 Å². The summed E-state index contributed by atoms with van der Waals surface area (Å²) in [5.41, 5.74) is -0.913. The second kappa shape index (κ2) is 6.22. The maximum atomic E-state index is 13.2. The van der Waals surface area contributed by atoms with Gasteiger partial charge in [-0.15, -0.1) is 0 Å². The molecule has 1 fully saturated rings. The summed E-state index contributed by atoms with van der Waals surface area (Å²) < 4.78 is 44.6. The summed E-state index contributed by atoms with van der Waals surface area (Å²) in [7, 11) is 0. The van der Waals surface area contributed by atoms with E-state index in [4.69, 9.17) is 4.74 Å². The Kier molecular flexibility index (Phi) is 4.68. The Morgan fingerprint density at radius 2 is 1.74 bits per heavy atom. The van der Waals surface area contributed by atoms with Crippen LogP contribution in [-0.4, -0.2) is 35.5 Å². The van der Waals surface area contributed by atoms with Crippen LogP contribution in [0.15, 0.2) is 12.1 Å². The van der Waals surface area contributed by atoms with Gasteiger partial charge in [-0.1, -0.05) is 0 Å². The molecule has 1 atom stereocenters. The Labute approximate surface area is 132 Å². The minimum Gasteiger partial charge on any atom is -0.460 e. The van der Waals surface area contributed by atoms with E-state index in [1.807, 2.05) is 0 Å². The molecule has 2 rings (SSSR count). The van der Waals surface area contributed by atoms with Crippen molar-refractivity contribution in [2.75, 3.05) is 13.1 Å². The van der Waals surface area contributed by atoms with Gasteiger partial charge in [-0.2, -0.15) is 0 Å². The molecule has 1 heterocycles. The number of carbonyl (C=O) groups excluding carboxylic acids is 2. The smallest absolute Gasteiger partial charge is 0.311 e. The summed E-state index contributed by atoms with van der Waals surface area (Å²) >= 11 is 0. The quantitative estimate of drug-likeness (QED) is 0.619. The zero-order valence-electron chi connectivity index (χ0n) is 13.2. The number of carbonyl (C=O) groups is 2. The van der Waals surface area contributed by atoms with Crippen molar-refractivity contribution in [3.8, 4) is 0 Å². The molecular formula is C16H18F3NO3. The number of halogens is 3. The number of likely N-dealkylation sites (tertiary alicyclic amines) is 1. The summed E-state index contributed by atoms with van der Waals surface area (Å²) in [5.74, 6) is -5.99. The lowest BCUT2D eigenvalue weighted by molar-refractivity contribution is -0.159. The highest BCUT2D eigenvalue weighted by molar-refractivity contribution is 5.94. The highest BCUT2D eigenvalue weighted by Gasteiger charge is 2.34. The predicted octanol–water partition coefficient (Wildman–Crippen LogP) is 2.91. The van der Waals surface area contributed by atoms with Gasteiger partial charge in [-0.25, -0.2) is 13.2 Å². The third-order valence-corrected chi connectivity index (χ3v) is 3.45. The van der Waals surface area contributed by atoms with Crippen LogP contribution in [0.2, 0.25) is 0 Å². The maximum Gasteiger partial charge on any atom is 0.311 e. The molecule has 0 N–H and O–H groups in total. The Balaban J connectivity index is 2.07. The number of hydrogen-bond donors (Lipinski definition) is 0. The molecular weight excluding hydrogens is 311 g/mol. The number of ether oxygens (including phenoxy) is 1. The van der Waals surface area contributed by atoms with Gasteiger partial charge in [0.25, 0.3) is 5.91 Å². The fourth-order valence-electron chi connectivity index (χ4n) is 2.38. The molecule has 1 saturated heterocycles. The molecule has 0 spiro atoms. The molecule has 1 aromatic carbocycles. The number of amides is 1. The van der Waals surface area contributed by atoms with E-state index in [0.717, 1.165) is 0 Å². The van der Waals surface area contributed by atoms with Crippen molar-refractivity contribution in [2.24, 2.45) is 5.92 Å². The minimum atomic E-state index is -1.62. The van der Waals surface area contributed by atoms with Crippen molar-refractivity contribution in [3.05, 3.63) is 35.1 Å². The van der Waals surface area contributed by atoms with Crippen molar-refractivity contribution in [1.29, 1.82) is 0 Å². The molecule has 1 aliphatic rings. The summed E-state index contributed by atoms with van der Waals surface area (Å²) in [5, 5.41) is 0. The van der Waals surface area contributed by atoms with Crippen LogP contribution in [0.3, 0.4) is 0 Å². The Morgan fingerprint density at radius 1 is 1.17 bits per heavy atom. The fourth-order valence-corrected chi connectivity index (χ4v) is 2.38. The van der Waals surface area contributed by atoms with Crippen LogP contribution in [-0.2, 0) is 9.53 Å². The molecule has 4 nitrogen and oxygen atoms in total. The summed E-state index contributed by atoms with van der Waals surface area (Å²) in [6.45, 7) is 5.60. The zero-order valence-corrected chi connectivity index (χ0v) is 13.2. The SMILES string of the molecule is CC(C)(C)OC(=O)[C@H]1CCN(C(=O)c2cc(F)c(F)c(F)c2)C1. The lowest BCUT2D eigenvalue weighted by atomic mass is 10.1. The van der Waals surface area contributed by atoms with E-state index in [1.165, 1.54) is 4.90 Å². The van der Waals surface area contributed by atoms with Crippen LogP contribution in [0.25, 0.3) is 0 Å². The second-order valence-corrected chi connectivity index (χ2v) is 6.52. The number of benzene rings is 1. The van der Waals surface area contributed by atoms with E-state index in [9.17, 15) is 22.8 Å². The highest BCUT2D eigenvalue weighted by Crippen LogP contribution is 2.23. The molecule has 0 bridgehead atoms. The molecule has 0 unspecified atom stereocenters. The standard InChI is InChI=1S/C16H18F3NO3/c1-16(2,3)23-15(22)9-4-5-20(8-9)14(21)10-6-11(17)13(19)12(18)7-10/h6-7,9H,4-5,8H2,1-3H3/t9-/m0/s1. The number of hydrogen-bond acceptors (Lipinski definition) is 3. The number of esters is 1. The van der Waals surface area contributed by atoms with Gasteiger partial charge in [-0.3, -0.25) is 9.59 Å². The van der Waals surface area contributed by atoms with Gasteiger partial charge in [0, 0.05) is 18.7 Å². The van der Waals surface area contributed by atoms with E-state index in [0.29, 0.717) is 18.6 Å². The lowest BCUT2D eigenvalue weighted by Crippen LogP contribution is -2.33. The first kappa shape index (κ1) is 17.3. The van der Waals surface area contributed by atoms with Gasteiger partial charge >= 0.3 is 5.97 Å². The van der Waals surface area contributed by atoms with Crippen LogP contribution in [0.4, 0.5) is 13.2 Å². The van der Waals surface area contributed by atoms with Crippen LogP contribution < -0.4 is 0 Å². The molecule has 23 heavy (non-hydrogen) atoms. The molecule has 0 radical (unpaired) electrons. The summed E-state index contributed by atoms with van der Waals surface area (Å²) in [6, 6.07) is 1.31. The normalized spacial score (nSPS) is 18.2. The molecule has 1 aliphatic heterocycles. The second-order valence-electron chi connectivity index (χ2n) is 6.52. The molecule has 0 aliphatic carbocycles. The van der Waals surface area contributed by atoms with Crippen molar-refractivity contribution < 1.29 is 27.5 Å². The monoisotopic (exact) mass is 329 g/mol. The largest absolute Gasteiger partial charge is 0.460 e. The van der Waals surface area contributed by atoms with Gasteiger partial charge in [0.05, 0.1) is 5.92 Å². The van der Waals surface area contributed by atoms with E-state index in [2.05, 4.69) is 0 Å². The third kappa shape index (κ3) is 4.03. The first-order valence-corrected chi connectivity index (χ1v) is 7.25. The number of nitrogens with zero attached hydrogens (tertiary/aromatic N) is 1. The minimum absolute atomic E-state index is 0.106. The Bertz CT molecular complexity index is 617. The fraction of sp³-hybridized carbons (Fsp3) is 0.500. The topological polar surface area (TPSA) is 46.6 Å². The van der Waals surface area contributed by atoms with Gasteiger partial charge in [0.2, 0.25) is 0 Å². The molecule has 1 aromatic rings. The molecule has 0 saturated carbocycles. The van der Waals surface area contributed by atoms with Crippen molar-refractivity contribution in [3.63, 3.8) is 0 Å². The summed E-state index contributed by atoms with van der Waals surface area (Å²) in [4.78, 5) is 25.5. The maximum absolute atomic E-state index is 13.2. The van der Waals surface area contributed by atoms with Crippen LogP contribution in [0, 0.1) is 23.4 Å². The third-order valence-electron chi connectivity index (χ3n) is 3.45. The predicted molar refractivity (Wildman–Crippen MR) is 76.2 cm³/mol. The van der Waals surface area contributed by atoms with Crippen LogP contribution >= 0.6 is 0 Å². The first-order chi connectivity index (χ1) is 10.6. The van der Waals surface area contributed by atoms with Gasteiger partial charge in [0.15, 0.2) is 17.5 Å². The van der Waals surface area contributed by atoms with Gasteiger partial charge in [-0.05, 0) is 39.3 Å². The van der Waals surface area contributed by atoms with Crippen LogP contribution in [0.1, 0.15) is 37.6 Å². The van der Waals surface area contributed by atoms with E-state index in [1.54, 1.807) is 20.8 Å². The van der Waals surface area contributed by atoms with E-state index < -0.39 is 40.8 Å². The average molecular weight is 329 g/mol. The molecule has 126 valence electrons. The van der Waals surface area contributed by atoms with Crippen LogP contribution in [0.5, 0.6) is 0 Å². The van der Waals surface area contributed by atoms with Crippen molar-refractivity contribution >= 4 is 11.9 Å². The lowest BCUT2D eigenvalue weighted by Gasteiger charge is -2.22. The average Bonchev–Trinajstić information content (AvgIpc) is 2.91. The first-order valence-electron chi connectivity index (χ1n) is 7.25. The Hall–Kier alpha value is -2.05. The zero-order chi connectivity index (χ0) is 17.4. The van der Waals surface area contributed by atoms with Crippen molar-refractivity contribution in [2.45, 2.75) is 32.8 Å². The molecule has 7 heteroatoms.